The predicted octanol–water partition coefficient (Wildman–Crippen LogP) is 4.86. The molecule has 1 aliphatic carbocycles. The van der Waals surface area contributed by atoms with Gasteiger partial charge in [0.15, 0.2) is 0 Å². The average molecular weight is 427 g/mol. The molecule has 1 N–H and O–H groups in total. The van der Waals surface area contributed by atoms with Crippen LogP contribution in [-0.4, -0.2) is 46.0 Å². The molecule has 168 valence electrons. The van der Waals surface area contributed by atoms with Crippen molar-refractivity contribution in [2.24, 2.45) is 5.41 Å². The number of carbonyl (C=O) groups excluding carboxylic acids is 1. The summed E-state index contributed by atoms with van der Waals surface area (Å²) >= 11 is 0. The molecule has 1 saturated heterocycles. The normalized spacial score (nSPS) is 23.9. The summed E-state index contributed by atoms with van der Waals surface area (Å²) in [5.41, 5.74) is 3.37. The molecule has 0 radical (unpaired) electrons. The van der Waals surface area contributed by atoms with Crippen molar-refractivity contribution in [3.63, 3.8) is 0 Å². The third kappa shape index (κ3) is 4.84. The van der Waals surface area contributed by atoms with Crippen LogP contribution in [0, 0.1) is 11.2 Å². The Bertz CT molecular complexity index is 870. The molecule has 0 unspecified atom stereocenters. The molecule has 4 rings (SSSR count). The minimum atomic E-state index is -0.235. The van der Waals surface area contributed by atoms with E-state index in [1.54, 1.807) is 12.1 Å². The van der Waals surface area contributed by atoms with Crippen molar-refractivity contribution in [3.05, 3.63) is 53.1 Å². The molecule has 31 heavy (non-hydrogen) atoms. The van der Waals surface area contributed by atoms with E-state index in [0.29, 0.717) is 18.4 Å². The second-order valence-electron chi connectivity index (χ2n) is 9.56. The molecular weight excluding hydrogens is 391 g/mol. The van der Waals surface area contributed by atoms with Crippen molar-refractivity contribution < 1.29 is 9.18 Å². The number of carbonyl (C=O) groups is 1. The highest BCUT2D eigenvalue weighted by atomic mass is 19.1. The van der Waals surface area contributed by atoms with Crippen molar-refractivity contribution in [3.8, 4) is 0 Å². The van der Waals surface area contributed by atoms with Crippen molar-refractivity contribution in [1.82, 2.24) is 20.0 Å². The monoisotopic (exact) mass is 426 g/mol. The number of hydrogen-bond donors (Lipinski definition) is 1. The van der Waals surface area contributed by atoms with E-state index in [9.17, 15) is 9.18 Å². The van der Waals surface area contributed by atoms with Gasteiger partial charge in [-0.05, 0) is 69.8 Å². The standard InChI is InChI=1S/C25H35FN4O/c1-3-4-14-29(2)18-21-16-27-28-23(21)20-9-11-25(12-10-20)13-15-30(24(25)31)17-19-5-7-22(26)8-6-19/h5-8,16,20H,3-4,9-15,17-18H2,1-2H3,(H,27,28). The maximum Gasteiger partial charge on any atom is 0.229 e. The summed E-state index contributed by atoms with van der Waals surface area (Å²) in [6.45, 7) is 5.64. The number of aromatic nitrogens is 2. The lowest BCUT2D eigenvalue weighted by Crippen LogP contribution is -2.37. The third-order valence-corrected chi connectivity index (χ3v) is 7.32. The largest absolute Gasteiger partial charge is 0.338 e. The van der Waals surface area contributed by atoms with Gasteiger partial charge >= 0.3 is 0 Å². The first-order valence-electron chi connectivity index (χ1n) is 11.8. The van der Waals surface area contributed by atoms with Crippen LogP contribution in [0.3, 0.4) is 0 Å². The van der Waals surface area contributed by atoms with E-state index >= 15 is 0 Å². The van der Waals surface area contributed by atoms with Crippen LogP contribution in [0.25, 0.3) is 0 Å². The highest BCUT2D eigenvalue weighted by Crippen LogP contribution is 2.49. The molecule has 2 fully saturated rings. The molecule has 2 aliphatic rings. The summed E-state index contributed by atoms with van der Waals surface area (Å²) in [7, 11) is 2.18. The molecule has 0 bridgehead atoms. The first-order chi connectivity index (χ1) is 15.0. The number of H-pyrrole nitrogens is 1. The number of aromatic amines is 1. The molecule has 1 aromatic carbocycles. The first-order valence-corrected chi connectivity index (χ1v) is 11.8. The van der Waals surface area contributed by atoms with Gasteiger partial charge < -0.3 is 9.80 Å². The minimum absolute atomic E-state index is 0.200. The number of hydrogen-bond acceptors (Lipinski definition) is 3. The van der Waals surface area contributed by atoms with Gasteiger partial charge in [0.2, 0.25) is 5.91 Å². The van der Waals surface area contributed by atoms with Crippen LogP contribution in [0.4, 0.5) is 4.39 Å². The van der Waals surface area contributed by atoms with Crippen molar-refractivity contribution in [1.29, 1.82) is 0 Å². The van der Waals surface area contributed by atoms with E-state index < -0.39 is 0 Å². The summed E-state index contributed by atoms with van der Waals surface area (Å²) in [5.74, 6) is 0.516. The zero-order chi connectivity index (χ0) is 21.8. The molecule has 2 heterocycles. The summed E-state index contributed by atoms with van der Waals surface area (Å²) in [4.78, 5) is 17.6. The Morgan fingerprint density at radius 2 is 1.97 bits per heavy atom. The van der Waals surface area contributed by atoms with Crippen molar-refractivity contribution in [2.45, 2.75) is 70.9 Å². The van der Waals surface area contributed by atoms with Gasteiger partial charge in [0.25, 0.3) is 0 Å². The Kier molecular flexibility index (Phi) is 6.75. The Hall–Kier alpha value is -2.21. The van der Waals surface area contributed by atoms with E-state index in [-0.39, 0.29) is 11.2 Å². The van der Waals surface area contributed by atoms with E-state index in [1.165, 1.54) is 36.2 Å². The number of nitrogens with one attached hydrogen (secondary N) is 1. The van der Waals surface area contributed by atoms with Gasteiger partial charge in [-0.15, -0.1) is 0 Å². The highest BCUT2D eigenvalue weighted by molar-refractivity contribution is 5.85. The minimum Gasteiger partial charge on any atom is -0.338 e. The van der Waals surface area contributed by atoms with Crippen molar-refractivity contribution >= 4 is 5.91 Å². The van der Waals surface area contributed by atoms with Gasteiger partial charge in [-0.2, -0.15) is 5.10 Å². The average Bonchev–Trinajstić information content (AvgIpc) is 3.35. The van der Waals surface area contributed by atoms with Gasteiger partial charge in [-0.25, -0.2) is 4.39 Å². The number of amides is 1. The number of benzene rings is 1. The zero-order valence-corrected chi connectivity index (χ0v) is 18.9. The molecule has 1 saturated carbocycles. The molecule has 1 aromatic heterocycles. The van der Waals surface area contributed by atoms with Crippen LogP contribution in [0.1, 0.15) is 74.6 Å². The Balaban J connectivity index is 1.35. The van der Waals surface area contributed by atoms with Crippen molar-refractivity contribution in [2.75, 3.05) is 20.1 Å². The Labute approximate surface area is 185 Å². The Morgan fingerprint density at radius 1 is 1.23 bits per heavy atom. The summed E-state index contributed by atoms with van der Waals surface area (Å²) in [6.07, 6.45) is 9.30. The summed E-state index contributed by atoms with van der Waals surface area (Å²) in [5, 5.41) is 7.62. The van der Waals surface area contributed by atoms with Crippen LogP contribution < -0.4 is 0 Å². The molecule has 1 aliphatic heterocycles. The lowest BCUT2D eigenvalue weighted by Gasteiger charge is -2.36. The fourth-order valence-corrected chi connectivity index (χ4v) is 5.38. The van der Waals surface area contributed by atoms with E-state index in [2.05, 4.69) is 29.1 Å². The van der Waals surface area contributed by atoms with Crippen LogP contribution in [0.5, 0.6) is 0 Å². The van der Waals surface area contributed by atoms with Gasteiger partial charge in [0.05, 0.1) is 11.6 Å². The van der Waals surface area contributed by atoms with Gasteiger partial charge in [-0.1, -0.05) is 25.5 Å². The smallest absolute Gasteiger partial charge is 0.229 e. The number of rotatable bonds is 8. The highest BCUT2D eigenvalue weighted by Gasteiger charge is 2.48. The predicted molar refractivity (Wildman–Crippen MR) is 120 cm³/mol. The molecule has 6 heteroatoms. The summed E-state index contributed by atoms with van der Waals surface area (Å²) < 4.78 is 13.2. The molecular formula is C25H35FN4O. The lowest BCUT2D eigenvalue weighted by molar-refractivity contribution is -0.138. The molecule has 0 atom stereocenters. The number of nitrogens with zero attached hydrogens (tertiary/aromatic N) is 3. The quantitative estimate of drug-likeness (QED) is 0.656. The topological polar surface area (TPSA) is 52.2 Å². The number of halogens is 1. The second-order valence-corrected chi connectivity index (χ2v) is 9.56. The molecule has 1 spiro atoms. The maximum absolute atomic E-state index is 13.3. The lowest BCUT2D eigenvalue weighted by atomic mass is 9.68. The number of likely N-dealkylation sites (tertiary alicyclic amines) is 1. The molecule has 1 amide bonds. The first kappa shape index (κ1) is 22.0. The third-order valence-electron chi connectivity index (χ3n) is 7.32. The second kappa shape index (κ2) is 9.51. The van der Waals surface area contributed by atoms with Gasteiger partial charge in [-0.3, -0.25) is 9.89 Å². The zero-order valence-electron chi connectivity index (χ0n) is 18.9. The Morgan fingerprint density at radius 3 is 2.68 bits per heavy atom. The van der Waals surface area contributed by atoms with E-state index in [0.717, 1.165) is 57.3 Å². The van der Waals surface area contributed by atoms with Gasteiger partial charge in [0, 0.05) is 36.8 Å². The van der Waals surface area contributed by atoms with Crippen LogP contribution >= 0.6 is 0 Å². The molecule has 5 nitrogen and oxygen atoms in total. The van der Waals surface area contributed by atoms with Gasteiger partial charge in [0.1, 0.15) is 5.82 Å². The van der Waals surface area contributed by atoms with Crippen LogP contribution in [0.2, 0.25) is 0 Å². The SMILES string of the molecule is CCCCN(C)Cc1cn[nH]c1C1CCC2(CC1)CCN(Cc1ccc(F)cc1)C2=O. The van der Waals surface area contributed by atoms with E-state index in [1.807, 2.05) is 11.1 Å². The number of unbranched alkanes of at least 4 members (excludes halogenated alkanes) is 1. The maximum atomic E-state index is 13.3. The van der Waals surface area contributed by atoms with Crippen LogP contribution in [0.15, 0.2) is 30.5 Å². The molecule has 2 aromatic rings. The summed E-state index contributed by atoms with van der Waals surface area (Å²) in [6, 6.07) is 6.50. The fraction of sp³-hybridized carbons (Fsp3) is 0.600. The fourth-order valence-electron chi connectivity index (χ4n) is 5.38. The van der Waals surface area contributed by atoms with E-state index in [4.69, 9.17) is 0 Å². The van der Waals surface area contributed by atoms with Crippen LogP contribution in [-0.2, 0) is 17.9 Å².